The van der Waals surface area contributed by atoms with Crippen LogP contribution in [-0.2, 0) is 16.0 Å². The van der Waals surface area contributed by atoms with Crippen LogP contribution in [0, 0.1) is 13.5 Å². The summed E-state index contributed by atoms with van der Waals surface area (Å²) < 4.78 is 7.17. The molecule has 34 heavy (non-hydrogen) atoms. The summed E-state index contributed by atoms with van der Waals surface area (Å²) in [5, 5.41) is 0.925. The molecule has 1 aliphatic heterocycles. The van der Waals surface area contributed by atoms with E-state index in [0.717, 1.165) is 59.3 Å². The number of nitrogens with zero attached hydrogens (tertiary/aromatic N) is 3. The van der Waals surface area contributed by atoms with Crippen LogP contribution in [0.25, 0.3) is 21.4 Å². The number of aromatic nitrogens is 1. The molecule has 6 heteroatoms. The van der Waals surface area contributed by atoms with Crippen molar-refractivity contribution in [1.82, 2.24) is 9.47 Å². The number of Topliss-reactive ketones (excluding diaryl/α,β-unsaturated/α-hetero) is 1. The van der Waals surface area contributed by atoms with Crippen LogP contribution in [-0.4, -0.2) is 47.5 Å². The van der Waals surface area contributed by atoms with Crippen molar-refractivity contribution in [2.45, 2.75) is 46.0 Å². The molecule has 0 radical (unpaired) electrons. The Morgan fingerprint density at radius 1 is 1.06 bits per heavy atom. The van der Waals surface area contributed by atoms with Gasteiger partial charge in [0.05, 0.1) is 25.2 Å². The first-order valence-corrected chi connectivity index (χ1v) is 12.0. The fraction of sp³-hybridized carbons (Fsp3) is 0.393. The largest absolute Gasteiger partial charge is 0.466 e. The summed E-state index contributed by atoms with van der Waals surface area (Å²) in [5.41, 5.74) is 5.11. The second-order valence-corrected chi connectivity index (χ2v) is 8.84. The van der Waals surface area contributed by atoms with E-state index in [4.69, 9.17) is 11.3 Å². The van der Waals surface area contributed by atoms with Gasteiger partial charge in [0.1, 0.15) is 0 Å². The minimum absolute atomic E-state index is 0.139. The molecule has 1 aromatic heterocycles. The molecule has 0 unspecified atom stereocenters. The van der Waals surface area contributed by atoms with Gasteiger partial charge in [0.25, 0.3) is 0 Å². The van der Waals surface area contributed by atoms with E-state index in [0.29, 0.717) is 31.7 Å². The standard InChI is InChI=1S/C28H31N3O3/c1-4-34-27(33)15-9-21-8-14-24-25(18-21)31(23-12-10-22(29-3)11-13-23)20(2)28(24)26(32)19-30-16-6-5-7-17-30/h8,10-14,18H,4-7,9,15-17,19H2,1-2H3. The van der Waals surface area contributed by atoms with E-state index in [-0.39, 0.29) is 11.8 Å². The molecule has 4 rings (SSSR count). The molecule has 1 aliphatic rings. The molecule has 3 aromatic rings. The molecule has 6 nitrogen and oxygen atoms in total. The summed E-state index contributed by atoms with van der Waals surface area (Å²) in [6.07, 6.45) is 4.42. The van der Waals surface area contributed by atoms with Gasteiger partial charge in [0.15, 0.2) is 11.5 Å². The first-order valence-electron chi connectivity index (χ1n) is 12.0. The molecule has 0 aliphatic carbocycles. The second-order valence-electron chi connectivity index (χ2n) is 8.84. The number of carbonyl (C=O) groups is 2. The lowest BCUT2D eigenvalue weighted by Gasteiger charge is -2.25. The zero-order valence-electron chi connectivity index (χ0n) is 20.0. The van der Waals surface area contributed by atoms with Crippen molar-refractivity contribution in [1.29, 1.82) is 0 Å². The normalized spacial score (nSPS) is 14.1. The number of hydrogen-bond donors (Lipinski definition) is 0. The van der Waals surface area contributed by atoms with Crippen molar-refractivity contribution in [3.8, 4) is 5.69 Å². The third-order valence-corrected chi connectivity index (χ3v) is 6.52. The quantitative estimate of drug-likeness (QED) is 0.249. The zero-order chi connectivity index (χ0) is 24.1. The van der Waals surface area contributed by atoms with E-state index < -0.39 is 0 Å². The molecule has 1 fully saturated rings. The van der Waals surface area contributed by atoms with E-state index in [1.165, 1.54) is 6.42 Å². The Hall–Kier alpha value is -3.43. The Bertz CT molecular complexity index is 1230. The molecule has 0 N–H and O–H groups in total. The van der Waals surface area contributed by atoms with Gasteiger partial charge in [-0.2, -0.15) is 0 Å². The number of aryl methyl sites for hydroxylation is 1. The van der Waals surface area contributed by atoms with E-state index in [2.05, 4.69) is 20.4 Å². The maximum Gasteiger partial charge on any atom is 0.306 e. The van der Waals surface area contributed by atoms with Crippen molar-refractivity contribution in [3.05, 3.63) is 70.7 Å². The summed E-state index contributed by atoms with van der Waals surface area (Å²) in [4.78, 5) is 31.1. The molecular weight excluding hydrogens is 426 g/mol. The summed E-state index contributed by atoms with van der Waals surface area (Å²) in [6, 6.07) is 13.5. The molecule has 1 saturated heterocycles. The maximum absolute atomic E-state index is 13.5. The molecule has 2 aromatic carbocycles. The average molecular weight is 458 g/mol. The van der Waals surface area contributed by atoms with Gasteiger partial charge in [0.2, 0.25) is 0 Å². The number of rotatable bonds is 8. The predicted molar refractivity (Wildman–Crippen MR) is 134 cm³/mol. The molecule has 0 saturated carbocycles. The minimum atomic E-state index is -0.207. The minimum Gasteiger partial charge on any atom is -0.466 e. The van der Waals surface area contributed by atoms with Crippen LogP contribution in [0.15, 0.2) is 42.5 Å². The highest BCUT2D eigenvalue weighted by Gasteiger charge is 2.23. The number of hydrogen-bond acceptors (Lipinski definition) is 4. The fourth-order valence-corrected chi connectivity index (χ4v) is 4.86. The van der Waals surface area contributed by atoms with Gasteiger partial charge in [-0.1, -0.05) is 30.7 Å². The Morgan fingerprint density at radius 2 is 1.79 bits per heavy atom. The number of benzene rings is 2. The van der Waals surface area contributed by atoms with Crippen LogP contribution in [0.5, 0.6) is 0 Å². The third kappa shape index (κ3) is 5.05. The summed E-state index contributed by atoms with van der Waals surface area (Å²) in [5.74, 6) is -0.0681. The Balaban J connectivity index is 1.75. The molecule has 0 spiro atoms. The fourth-order valence-electron chi connectivity index (χ4n) is 4.86. The number of fused-ring (bicyclic) bond motifs is 1. The average Bonchev–Trinajstić information content (AvgIpc) is 3.14. The van der Waals surface area contributed by atoms with Gasteiger partial charge in [-0.25, -0.2) is 4.85 Å². The Morgan fingerprint density at radius 3 is 2.47 bits per heavy atom. The second kappa shape index (κ2) is 10.7. The molecule has 2 heterocycles. The number of esters is 1. The summed E-state index contributed by atoms with van der Waals surface area (Å²) in [6.45, 7) is 13.8. The highest BCUT2D eigenvalue weighted by atomic mass is 16.5. The van der Waals surface area contributed by atoms with Crippen molar-refractivity contribution < 1.29 is 14.3 Å². The van der Waals surface area contributed by atoms with Gasteiger partial charge in [0, 0.05) is 28.8 Å². The lowest BCUT2D eigenvalue weighted by atomic mass is 10.0. The van der Waals surface area contributed by atoms with Gasteiger partial charge in [-0.05, 0) is 70.0 Å². The van der Waals surface area contributed by atoms with E-state index in [1.54, 1.807) is 19.1 Å². The maximum atomic E-state index is 13.5. The molecule has 0 bridgehead atoms. The van der Waals surface area contributed by atoms with Crippen molar-refractivity contribution in [3.63, 3.8) is 0 Å². The predicted octanol–water partition coefficient (Wildman–Crippen LogP) is 5.65. The van der Waals surface area contributed by atoms with Crippen LogP contribution >= 0.6 is 0 Å². The van der Waals surface area contributed by atoms with Crippen LogP contribution in [0.2, 0.25) is 0 Å². The Kier molecular flexibility index (Phi) is 7.44. The third-order valence-electron chi connectivity index (χ3n) is 6.52. The number of likely N-dealkylation sites (tertiary alicyclic amines) is 1. The SMILES string of the molecule is [C-]#[N+]c1ccc(-n2c(C)c(C(=O)CN3CCCCC3)c3ccc(CCC(=O)OCC)cc32)cc1. The van der Waals surface area contributed by atoms with E-state index in [9.17, 15) is 9.59 Å². The topological polar surface area (TPSA) is 55.9 Å². The molecular formula is C28H31N3O3. The lowest BCUT2D eigenvalue weighted by molar-refractivity contribution is -0.143. The Labute approximate surface area is 200 Å². The molecule has 0 atom stereocenters. The highest BCUT2D eigenvalue weighted by molar-refractivity contribution is 6.11. The number of carbonyl (C=O) groups excluding carboxylic acids is 2. The summed E-state index contributed by atoms with van der Waals surface area (Å²) >= 11 is 0. The van der Waals surface area contributed by atoms with Gasteiger partial charge >= 0.3 is 5.97 Å². The number of ketones is 1. The van der Waals surface area contributed by atoms with E-state index in [1.807, 2.05) is 31.2 Å². The monoisotopic (exact) mass is 457 g/mol. The highest BCUT2D eigenvalue weighted by Crippen LogP contribution is 2.32. The first-order chi connectivity index (χ1) is 16.5. The van der Waals surface area contributed by atoms with Gasteiger partial charge in [-0.15, -0.1) is 0 Å². The van der Waals surface area contributed by atoms with Crippen molar-refractivity contribution in [2.75, 3.05) is 26.2 Å². The van der Waals surface area contributed by atoms with Crippen molar-refractivity contribution in [2.24, 2.45) is 0 Å². The zero-order valence-corrected chi connectivity index (χ0v) is 20.0. The van der Waals surface area contributed by atoms with Gasteiger partial charge < -0.3 is 9.30 Å². The number of ether oxygens (including phenoxy) is 1. The lowest BCUT2D eigenvalue weighted by Crippen LogP contribution is -2.34. The van der Waals surface area contributed by atoms with Crippen LogP contribution < -0.4 is 0 Å². The number of piperidine rings is 1. The van der Waals surface area contributed by atoms with Crippen LogP contribution in [0.1, 0.15) is 54.2 Å². The molecule has 176 valence electrons. The summed E-state index contributed by atoms with van der Waals surface area (Å²) in [7, 11) is 0. The smallest absolute Gasteiger partial charge is 0.306 e. The van der Waals surface area contributed by atoms with E-state index >= 15 is 0 Å². The van der Waals surface area contributed by atoms with Crippen LogP contribution in [0.4, 0.5) is 5.69 Å². The first kappa shape index (κ1) is 23.7. The van der Waals surface area contributed by atoms with Crippen molar-refractivity contribution >= 4 is 28.3 Å². The molecule has 0 amide bonds. The van der Waals surface area contributed by atoms with Gasteiger partial charge in [-0.3, -0.25) is 14.5 Å². The van der Waals surface area contributed by atoms with Crippen LogP contribution in [0.3, 0.4) is 0 Å².